The number of carbonyl (C=O) groups is 1. The molecule has 2 aromatic carbocycles. The van der Waals surface area contributed by atoms with Crippen LogP contribution < -0.4 is 9.64 Å². The molecule has 3 rings (SSSR count). The molecule has 0 aliphatic carbocycles. The van der Waals surface area contributed by atoms with Gasteiger partial charge in [-0.25, -0.2) is 4.98 Å². The Morgan fingerprint density at radius 2 is 1.79 bits per heavy atom. The summed E-state index contributed by atoms with van der Waals surface area (Å²) in [5, 5.41) is 0.770. The van der Waals surface area contributed by atoms with Crippen molar-refractivity contribution < 1.29 is 9.53 Å². The second-order valence-corrected chi connectivity index (χ2v) is 8.46. The average molecular weight is 412 g/mol. The molecule has 0 saturated carbocycles. The Kier molecular flexibility index (Phi) is 6.87. The molecule has 6 heteroatoms. The molecule has 29 heavy (non-hydrogen) atoms. The second-order valence-electron chi connectivity index (χ2n) is 7.45. The van der Waals surface area contributed by atoms with E-state index in [-0.39, 0.29) is 5.91 Å². The number of fused-ring (bicyclic) bond motifs is 1. The Labute approximate surface area is 176 Å². The van der Waals surface area contributed by atoms with Gasteiger partial charge in [-0.05, 0) is 69.8 Å². The molecular weight excluding hydrogens is 382 g/mol. The third-order valence-corrected chi connectivity index (χ3v) is 6.01. The number of benzene rings is 2. The number of amides is 1. The van der Waals surface area contributed by atoms with E-state index in [0.717, 1.165) is 33.2 Å². The SMILES string of the molecule is CCOc1ccc(CC(=O)N(CCN(C)C)c2nc3c(C)c(C)ccc3s2)cc1. The lowest BCUT2D eigenvalue weighted by atomic mass is 10.1. The van der Waals surface area contributed by atoms with Gasteiger partial charge in [-0.2, -0.15) is 0 Å². The van der Waals surface area contributed by atoms with Crippen molar-refractivity contribution in [2.75, 3.05) is 38.7 Å². The highest BCUT2D eigenvalue weighted by Gasteiger charge is 2.21. The van der Waals surface area contributed by atoms with Gasteiger partial charge in [-0.15, -0.1) is 0 Å². The number of nitrogens with zero attached hydrogens (tertiary/aromatic N) is 3. The molecule has 1 heterocycles. The van der Waals surface area contributed by atoms with Gasteiger partial charge >= 0.3 is 0 Å². The number of carbonyl (C=O) groups excluding carboxylic acids is 1. The Hall–Kier alpha value is -2.44. The number of rotatable bonds is 8. The lowest BCUT2D eigenvalue weighted by Gasteiger charge is -2.22. The molecule has 154 valence electrons. The van der Waals surface area contributed by atoms with E-state index in [1.165, 1.54) is 11.1 Å². The molecule has 5 nitrogen and oxygen atoms in total. The molecule has 0 bridgehead atoms. The van der Waals surface area contributed by atoms with Crippen LogP contribution in [0.25, 0.3) is 10.2 Å². The number of likely N-dealkylation sites (N-methyl/N-ethyl adjacent to an activating group) is 1. The Balaban J connectivity index is 1.86. The summed E-state index contributed by atoms with van der Waals surface area (Å²) >= 11 is 1.58. The standard InChI is InChI=1S/C23H29N3O2S/c1-6-28-19-10-8-18(9-11-19)15-21(27)26(14-13-25(4)5)23-24-22-17(3)16(2)7-12-20(22)29-23/h7-12H,6,13-15H2,1-5H3. The zero-order chi connectivity index (χ0) is 21.0. The summed E-state index contributed by atoms with van der Waals surface area (Å²) in [6.07, 6.45) is 0.341. The molecule has 1 aromatic heterocycles. The van der Waals surface area contributed by atoms with Crippen LogP contribution in [0.5, 0.6) is 5.75 Å². The van der Waals surface area contributed by atoms with E-state index in [1.807, 2.05) is 50.2 Å². The van der Waals surface area contributed by atoms with Crippen LogP contribution in [0.15, 0.2) is 36.4 Å². The highest BCUT2D eigenvalue weighted by Crippen LogP contribution is 2.32. The van der Waals surface area contributed by atoms with Crippen molar-refractivity contribution in [2.24, 2.45) is 0 Å². The molecule has 0 unspecified atom stereocenters. The summed E-state index contributed by atoms with van der Waals surface area (Å²) in [6, 6.07) is 12.0. The molecule has 0 fully saturated rings. The molecule has 0 aliphatic rings. The molecule has 3 aromatic rings. The maximum atomic E-state index is 13.2. The molecule has 0 saturated heterocycles. The van der Waals surface area contributed by atoms with E-state index in [2.05, 4.69) is 30.9 Å². The molecule has 0 spiro atoms. The van der Waals surface area contributed by atoms with Crippen LogP contribution in [-0.2, 0) is 11.2 Å². The summed E-state index contributed by atoms with van der Waals surface area (Å²) < 4.78 is 6.61. The van der Waals surface area contributed by atoms with Gasteiger partial charge in [0.15, 0.2) is 5.13 Å². The number of anilines is 1. The normalized spacial score (nSPS) is 11.2. The fourth-order valence-corrected chi connectivity index (χ4v) is 4.17. The van der Waals surface area contributed by atoms with Crippen molar-refractivity contribution in [2.45, 2.75) is 27.2 Å². The molecule has 0 atom stereocenters. The first-order valence-corrected chi connectivity index (χ1v) is 10.7. The minimum Gasteiger partial charge on any atom is -0.494 e. The molecule has 1 amide bonds. The highest BCUT2D eigenvalue weighted by atomic mass is 32.1. The van der Waals surface area contributed by atoms with Crippen molar-refractivity contribution in [3.05, 3.63) is 53.1 Å². The van der Waals surface area contributed by atoms with Crippen LogP contribution in [0, 0.1) is 13.8 Å². The number of thiazole rings is 1. The number of hydrogen-bond donors (Lipinski definition) is 0. The van der Waals surface area contributed by atoms with E-state index in [4.69, 9.17) is 9.72 Å². The van der Waals surface area contributed by atoms with Gasteiger partial charge < -0.3 is 9.64 Å². The first-order chi connectivity index (χ1) is 13.9. The van der Waals surface area contributed by atoms with Crippen molar-refractivity contribution in [1.29, 1.82) is 0 Å². The Bertz CT molecular complexity index is 980. The maximum Gasteiger partial charge on any atom is 0.233 e. The Morgan fingerprint density at radius 3 is 2.45 bits per heavy atom. The number of aromatic nitrogens is 1. The maximum absolute atomic E-state index is 13.2. The largest absolute Gasteiger partial charge is 0.494 e. The highest BCUT2D eigenvalue weighted by molar-refractivity contribution is 7.22. The molecule has 0 N–H and O–H groups in total. The van der Waals surface area contributed by atoms with E-state index < -0.39 is 0 Å². The predicted molar refractivity (Wildman–Crippen MR) is 121 cm³/mol. The minimum atomic E-state index is 0.0597. The van der Waals surface area contributed by atoms with Gasteiger partial charge in [0.1, 0.15) is 5.75 Å². The van der Waals surface area contributed by atoms with Crippen LogP contribution >= 0.6 is 11.3 Å². The van der Waals surface area contributed by atoms with Gasteiger partial charge in [0.25, 0.3) is 0 Å². The molecule has 0 radical (unpaired) electrons. The lowest BCUT2D eigenvalue weighted by Crippen LogP contribution is -2.37. The van der Waals surface area contributed by atoms with Gasteiger partial charge in [-0.3, -0.25) is 9.69 Å². The number of ether oxygens (including phenoxy) is 1. The van der Waals surface area contributed by atoms with Gasteiger partial charge in [-0.1, -0.05) is 29.5 Å². The topological polar surface area (TPSA) is 45.7 Å². The third-order valence-electron chi connectivity index (χ3n) is 4.97. The number of hydrogen-bond acceptors (Lipinski definition) is 5. The second kappa shape index (κ2) is 9.37. The Morgan fingerprint density at radius 1 is 1.07 bits per heavy atom. The third kappa shape index (κ3) is 5.14. The van der Waals surface area contributed by atoms with Crippen LogP contribution in [0.2, 0.25) is 0 Å². The fourth-order valence-electron chi connectivity index (χ4n) is 3.10. The quantitative estimate of drug-likeness (QED) is 0.549. The predicted octanol–water partition coefficient (Wildman–Crippen LogP) is 4.45. The monoisotopic (exact) mass is 411 g/mol. The summed E-state index contributed by atoms with van der Waals surface area (Å²) in [5.41, 5.74) is 4.36. The van der Waals surface area contributed by atoms with Crippen LogP contribution in [-0.4, -0.2) is 49.6 Å². The number of aryl methyl sites for hydroxylation is 2. The zero-order valence-electron chi connectivity index (χ0n) is 17.9. The van der Waals surface area contributed by atoms with Crippen molar-refractivity contribution in [3.63, 3.8) is 0 Å². The zero-order valence-corrected chi connectivity index (χ0v) is 18.7. The summed E-state index contributed by atoms with van der Waals surface area (Å²) in [5.74, 6) is 0.884. The van der Waals surface area contributed by atoms with Crippen molar-refractivity contribution in [3.8, 4) is 5.75 Å². The smallest absolute Gasteiger partial charge is 0.233 e. The molecular formula is C23H29N3O2S. The van der Waals surface area contributed by atoms with Gasteiger partial charge in [0.2, 0.25) is 5.91 Å². The van der Waals surface area contributed by atoms with Gasteiger partial charge in [0.05, 0.1) is 23.2 Å². The van der Waals surface area contributed by atoms with E-state index >= 15 is 0 Å². The fraction of sp³-hybridized carbons (Fsp3) is 0.391. The van der Waals surface area contributed by atoms with E-state index in [1.54, 1.807) is 11.3 Å². The first kappa shape index (κ1) is 21.3. The average Bonchev–Trinajstić information content (AvgIpc) is 3.11. The van der Waals surface area contributed by atoms with Crippen LogP contribution in [0.4, 0.5) is 5.13 Å². The van der Waals surface area contributed by atoms with E-state index in [9.17, 15) is 4.79 Å². The summed E-state index contributed by atoms with van der Waals surface area (Å²) in [4.78, 5) is 22.0. The van der Waals surface area contributed by atoms with Crippen molar-refractivity contribution in [1.82, 2.24) is 9.88 Å². The van der Waals surface area contributed by atoms with Crippen molar-refractivity contribution >= 4 is 32.6 Å². The van der Waals surface area contributed by atoms with Gasteiger partial charge in [0, 0.05) is 13.1 Å². The minimum absolute atomic E-state index is 0.0597. The molecule has 0 aliphatic heterocycles. The summed E-state index contributed by atoms with van der Waals surface area (Å²) in [6.45, 7) is 8.17. The first-order valence-electron chi connectivity index (χ1n) is 9.92. The van der Waals surface area contributed by atoms with Crippen LogP contribution in [0.1, 0.15) is 23.6 Å². The van der Waals surface area contributed by atoms with Crippen LogP contribution in [0.3, 0.4) is 0 Å². The summed E-state index contributed by atoms with van der Waals surface area (Å²) in [7, 11) is 4.03. The van der Waals surface area contributed by atoms with E-state index in [0.29, 0.717) is 19.6 Å². The lowest BCUT2D eigenvalue weighted by molar-refractivity contribution is -0.118.